The Labute approximate surface area is 120 Å². The number of carbonyl (C=O) groups is 1. The van der Waals surface area contributed by atoms with Gasteiger partial charge in [-0.25, -0.2) is 8.78 Å². The quantitative estimate of drug-likeness (QED) is 0.786. The molecule has 0 aromatic heterocycles. The van der Waals surface area contributed by atoms with Crippen LogP contribution in [-0.2, 0) is 0 Å². The monoisotopic (exact) mass is 333 g/mol. The van der Waals surface area contributed by atoms with Gasteiger partial charge in [-0.2, -0.15) is 0 Å². The van der Waals surface area contributed by atoms with Gasteiger partial charge in [0.1, 0.15) is 0 Å². The van der Waals surface area contributed by atoms with Crippen molar-refractivity contribution in [3.05, 3.63) is 35.4 Å². The Kier molecular flexibility index (Phi) is 5.91. The third-order valence-electron chi connectivity index (χ3n) is 3.60. The van der Waals surface area contributed by atoms with E-state index in [2.05, 4.69) is 21.2 Å². The molecule has 1 amide bonds. The van der Waals surface area contributed by atoms with Crippen molar-refractivity contribution in [2.24, 2.45) is 5.41 Å². The van der Waals surface area contributed by atoms with Crippen LogP contribution in [0.3, 0.4) is 0 Å². The second-order valence-corrected chi connectivity index (χ2v) is 5.19. The Morgan fingerprint density at radius 3 is 2.47 bits per heavy atom. The van der Waals surface area contributed by atoms with Crippen molar-refractivity contribution >= 4 is 21.8 Å². The van der Waals surface area contributed by atoms with Crippen molar-refractivity contribution in [2.45, 2.75) is 26.7 Å². The van der Waals surface area contributed by atoms with Crippen LogP contribution in [0.15, 0.2) is 18.2 Å². The molecule has 5 heteroatoms. The maximum Gasteiger partial charge on any atom is 0.254 e. The number of benzene rings is 1. The van der Waals surface area contributed by atoms with Gasteiger partial charge in [-0.15, -0.1) is 0 Å². The van der Waals surface area contributed by atoms with Gasteiger partial charge in [-0.05, 0) is 30.4 Å². The maximum absolute atomic E-state index is 13.5. The predicted octanol–water partition coefficient (Wildman–Crippen LogP) is 3.90. The molecule has 0 fully saturated rings. The number of hydrogen-bond donors (Lipinski definition) is 1. The van der Waals surface area contributed by atoms with Crippen molar-refractivity contribution in [1.29, 1.82) is 0 Å². The summed E-state index contributed by atoms with van der Waals surface area (Å²) in [6, 6.07) is 3.60. The van der Waals surface area contributed by atoms with Gasteiger partial charge in [0.2, 0.25) is 0 Å². The number of carbonyl (C=O) groups excluding carboxylic acids is 1. The summed E-state index contributed by atoms with van der Waals surface area (Å²) in [6.45, 7) is 4.51. The van der Waals surface area contributed by atoms with Gasteiger partial charge < -0.3 is 5.32 Å². The van der Waals surface area contributed by atoms with Crippen LogP contribution in [0.4, 0.5) is 8.78 Å². The lowest BCUT2D eigenvalue weighted by atomic mass is 9.84. The zero-order valence-corrected chi connectivity index (χ0v) is 12.7. The summed E-state index contributed by atoms with van der Waals surface area (Å²) in [5.74, 6) is -2.69. The SMILES string of the molecule is CCC(CC)(CBr)CNC(=O)c1cccc(F)c1F. The fourth-order valence-corrected chi connectivity index (χ4v) is 2.77. The molecule has 0 radical (unpaired) electrons. The lowest BCUT2D eigenvalue weighted by Crippen LogP contribution is -2.38. The largest absolute Gasteiger partial charge is 0.351 e. The summed E-state index contributed by atoms with van der Waals surface area (Å²) in [4.78, 5) is 11.9. The zero-order valence-electron chi connectivity index (χ0n) is 11.1. The normalized spacial score (nSPS) is 11.4. The molecule has 1 rings (SSSR count). The third kappa shape index (κ3) is 3.75. The Morgan fingerprint density at radius 2 is 1.95 bits per heavy atom. The van der Waals surface area contributed by atoms with Crippen LogP contribution in [-0.4, -0.2) is 17.8 Å². The van der Waals surface area contributed by atoms with Crippen LogP contribution in [0.5, 0.6) is 0 Å². The molecule has 0 aliphatic carbocycles. The molecule has 1 aromatic rings. The summed E-state index contributed by atoms with van der Waals surface area (Å²) < 4.78 is 26.5. The first-order chi connectivity index (χ1) is 8.99. The second kappa shape index (κ2) is 6.98. The Bertz CT molecular complexity index is 439. The summed E-state index contributed by atoms with van der Waals surface area (Å²) in [5.41, 5.74) is -0.310. The van der Waals surface area contributed by atoms with E-state index in [1.54, 1.807) is 0 Å². The van der Waals surface area contributed by atoms with Gasteiger partial charge in [0, 0.05) is 11.9 Å². The molecule has 0 saturated heterocycles. The van der Waals surface area contributed by atoms with Crippen LogP contribution in [0.1, 0.15) is 37.0 Å². The molecule has 1 N–H and O–H groups in total. The van der Waals surface area contributed by atoms with Gasteiger partial charge in [0.15, 0.2) is 11.6 Å². The number of hydrogen-bond acceptors (Lipinski definition) is 1. The van der Waals surface area contributed by atoms with Crippen molar-refractivity contribution in [1.82, 2.24) is 5.32 Å². The van der Waals surface area contributed by atoms with E-state index >= 15 is 0 Å². The number of halogens is 3. The van der Waals surface area contributed by atoms with Gasteiger partial charge in [0.25, 0.3) is 5.91 Å². The van der Waals surface area contributed by atoms with Crippen LogP contribution < -0.4 is 5.32 Å². The Balaban J connectivity index is 2.78. The van der Waals surface area contributed by atoms with Crippen LogP contribution in [0, 0.1) is 17.0 Å². The van der Waals surface area contributed by atoms with E-state index in [9.17, 15) is 13.6 Å². The fraction of sp³-hybridized carbons (Fsp3) is 0.500. The summed E-state index contributed by atoms with van der Waals surface area (Å²) in [5, 5.41) is 3.43. The Hall–Kier alpha value is -0.970. The van der Waals surface area contributed by atoms with Gasteiger partial charge in [-0.3, -0.25) is 4.79 Å². The molecule has 19 heavy (non-hydrogen) atoms. The topological polar surface area (TPSA) is 29.1 Å². The highest BCUT2D eigenvalue weighted by Gasteiger charge is 2.26. The van der Waals surface area contributed by atoms with Crippen LogP contribution >= 0.6 is 15.9 Å². The number of amides is 1. The summed E-state index contributed by atoms with van der Waals surface area (Å²) >= 11 is 3.44. The lowest BCUT2D eigenvalue weighted by Gasteiger charge is -2.29. The van der Waals surface area contributed by atoms with Crippen molar-refractivity contribution in [3.8, 4) is 0 Å². The fourth-order valence-electron chi connectivity index (χ4n) is 1.78. The van der Waals surface area contributed by atoms with Gasteiger partial charge >= 0.3 is 0 Å². The summed E-state index contributed by atoms with van der Waals surface area (Å²) in [7, 11) is 0. The second-order valence-electron chi connectivity index (χ2n) is 4.62. The molecule has 0 aliphatic heterocycles. The predicted molar refractivity (Wildman–Crippen MR) is 75.5 cm³/mol. The molecule has 0 heterocycles. The molecule has 106 valence electrons. The highest BCUT2D eigenvalue weighted by Crippen LogP contribution is 2.27. The molecule has 0 saturated carbocycles. The van der Waals surface area contributed by atoms with Crippen LogP contribution in [0.2, 0.25) is 0 Å². The smallest absolute Gasteiger partial charge is 0.254 e. The minimum absolute atomic E-state index is 0.0561. The van der Waals surface area contributed by atoms with Crippen LogP contribution in [0.25, 0.3) is 0 Å². The van der Waals surface area contributed by atoms with Crippen molar-refractivity contribution in [2.75, 3.05) is 11.9 Å². The molecule has 1 aromatic carbocycles. The van der Waals surface area contributed by atoms with Crippen molar-refractivity contribution < 1.29 is 13.6 Å². The lowest BCUT2D eigenvalue weighted by molar-refractivity contribution is 0.0927. The molecule has 0 aliphatic rings. The molecule has 2 nitrogen and oxygen atoms in total. The average molecular weight is 334 g/mol. The van der Waals surface area contributed by atoms with E-state index in [0.29, 0.717) is 6.54 Å². The zero-order chi connectivity index (χ0) is 14.5. The Morgan fingerprint density at radius 1 is 1.32 bits per heavy atom. The molecular formula is C14H18BrF2NO. The van der Waals surface area contributed by atoms with E-state index in [1.807, 2.05) is 13.8 Å². The standard InChI is InChI=1S/C14H18BrF2NO/c1-3-14(4-2,8-15)9-18-13(19)10-6-5-7-11(16)12(10)17/h5-7H,3-4,8-9H2,1-2H3,(H,18,19). The minimum Gasteiger partial charge on any atom is -0.351 e. The highest BCUT2D eigenvalue weighted by molar-refractivity contribution is 9.09. The maximum atomic E-state index is 13.5. The highest BCUT2D eigenvalue weighted by atomic mass is 79.9. The first-order valence-corrected chi connectivity index (χ1v) is 7.40. The van der Waals surface area contributed by atoms with E-state index in [4.69, 9.17) is 0 Å². The first-order valence-electron chi connectivity index (χ1n) is 6.28. The average Bonchev–Trinajstić information content (AvgIpc) is 2.44. The van der Waals surface area contributed by atoms with E-state index in [0.717, 1.165) is 24.2 Å². The third-order valence-corrected chi connectivity index (χ3v) is 4.79. The van der Waals surface area contributed by atoms with E-state index in [-0.39, 0.29) is 11.0 Å². The molecule has 0 unspecified atom stereocenters. The minimum atomic E-state index is -1.10. The molecule has 0 bridgehead atoms. The number of rotatable bonds is 6. The van der Waals surface area contributed by atoms with Gasteiger partial charge in [0.05, 0.1) is 5.56 Å². The first kappa shape index (κ1) is 16.1. The molecule has 0 atom stereocenters. The molecule has 0 spiro atoms. The number of alkyl halides is 1. The summed E-state index contributed by atoms with van der Waals surface area (Å²) in [6.07, 6.45) is 1.78. The molecular weight excluding hydrogens is 316 g/mol. The van der Waals surface area contributed by atoms with Gasteiger partial charge in [-0.1, -0.05) is 35.8 Å². The van der Waals surface area contributed by atoms with E-state index < -0.39 is 17.5 Å². The van der Waals surface area contributed by atoms with Crippen molar-refractivity contribution in [3.63, 3.8) is 0 Å². The number of nitrogens with one attached hydrogen (secondary N) is 1. The van der Waals surface area contributed by atoms with E-state index in [1.165, 1.54) is 12.1 Å².